The van der Waals surface area contributed by atoms with Crippen LogP contribution in [0.2, 0.25) is 0 Å². The van der Waals surface area contributed by atoms with Crippen LogP contribution >= 0.6 is 0 Å². The van der Waals surface area contributed by atoms with Gasteiger partial charge >= 0.3 is 0 Å². The van der Waals surface area contributed by atoms with Crippen molar-refractivity contribution in [1.29, 1.82) is 0 Å². The van der Waals surface area contributed by atoms with Gasteiger partial charge in [-0.2, -0.15) is 0 Å². The molecule has 1 spiro atoms. The molecule has 0 aromatic heterocycles. The van der Waals surface area contributed by atoms with E-state index in [1.54, 1.807) is 0 Å². The average Bonchev–Trinajstić information content (AvgIpc) is 3.35. The molecule has 0 radical (unpaired) electrons. The fraction of sp³-hybridized carbons (Fsp3) is 0.905. The maximum Gasteiger partial charge on any atom is 0.234 e. The number of ether oxygens (including phenoxy) is 1. The fourth-order valence-corrected chi connectivity index (χ4v) is 5.80. The summed E-state index contributed by atoms with van der Waals surface area (Å²) in [5.41, 5.74) is 0.373. The van der Waals surface area contributed by atoms with Crippen molar-refractivity contribution in [2.75, 3.05) is 45.9 Å². The third kappa shape index (κ3) is 3.30. The van der Waals surface area contributed by atoms with E-state index in [1.807, 2.05) is 0 Å². The van der Waals surface area contributed by atoms with Crippen LogP contribution in [-0.2, 0) is 9.53 Å². The van der Waals surface area contributed by atoms with Crippen molar-refractivity contribution in [3.63, 3.8) is 0 Å². The molecule has 1 amide bonds. The predicted molar refractivity (Wildman–Crippen MR) is 108 cm³/mol. The Hall–Kier alpha value is -1.34. The Balaban J connectivity index is 1.16. The predicted octanol–water partition coefficient (Wildman–Crippen LogP) is 0.806. The van der Waals surface area contributed by atoms with Crippen LogP contribution in [0.4, 0.5) is 0 Å². The van der Waals surface area contributed by atoms with Gasteiger partial charge in [-0.25, -0.2) is 0 Å². The summed E-state index contributed by atoms with van der Waals surface area (Å²) in [5.74, 6) is 1.92. The van der Waals surface area contributed by atoms with E-state index in [2.05, 4.69) is 27.4 Å². The highest BCUT2D eigenvalue weighted by atomic mass is 16.5. The number of aliphatic imine (C=N–C) groups is 1. The number of piperazine rings is 1. The minimum absolute atomic E-state index is 0.185. The molecule has 0 aromatic rings. The van der Waals surface area contributed by atoms with Crippen LogP contribution < -0.4 is 10.6 Å². The molecule has 3 aliphatic carbocycles. The van der Waals surface area contributed by atoms with E-state index in [0.29, 0.717) is 36.1 Å². The molecule has 2 heterocycles. The molecule has 3 atom stereocenters. The summed E-state index contributed by atoms with van der Waals surface area (Å²) >= 11 is 0. The maximum absolute atomic E-state index is 12.1. The summed E-state index contributed by atoms with van der Waals surface area (Å²) in [6, 6.07) is 0.979. The van der Waals surface area contributed by atoms with Crippen molar-refractivity contribution < 1.29 is 9.53 Å². The second-order valence-electron chi connectivity index (χ2n) is 9.36. The topological polar surface area (TPSA) is 69.2 Å². The number of fused-ring (bicyclic) bond motifs is 2. The Morgan fingerprint density at radius 2 is 1.93 bits per heavy atom. The highest BCUT2D eigenvalue weighted by molar-refractivity contribution is 5.81. The molecule has 28 heavy (non-hydrogen) atoms. The van der Waals surface area contributed by atoms with Crippen molar-refractivity contribution in [2.24, 2.45) is 16.3 Å². The minimum Gasteiger partial charge on any atom is -0.377 e. The van der Waals surface area contributed by atoms with Gasteiger partial charge < -0.3 is 20.3 Å². The molecular weight excluding hydrogens is 354 g/mol. The van der Waals surface area contributed by atoms with E-state index in [9.17, 15) is 4.79 Å². The Morgan fingerprint density at radius 1 is 1.14 bits per heavy atom. The highest BCUT2D eigenvalue weighted by Gasteiger charge is 2.66. The van der Waals surface area contributed by atoms with Gasteiger partial charge in [0, 0.05) is 62.7 Å². The van der Waals surface area contributed by atoms with Crippen molar-refractivity contribution in [3.8, 4) is 0 Å². The van der Waals surface area contributed by atoms with E-state index in [0.717, 1.165) is 58.1 Å². The monoisotopic (exact) mass is 389 g/mol. The smallest absolute Gasteiger partial charge is 0.234 e. The fourth-order valence-electron chi connectivity index (χ4n) is 5.80. The first-order chi connectivity index (χ1) is 13.7. The lowest BCUT2D eigenvalue weighted by atomic mass is 9.46. The minimum atomic E-state index is 0.185. The molecule has 5 aliphatic rings. The van der Waals surface area contributed by atoms with E-state index in [4.69, 9.17) is 9.73 Å². The number of guanidine groups is 1. The number of rotatable bonds is 5. The van der Waals surface area contributed by atoms with Gasteiger partial charge in [0.1, 0.15) is 0 Å². The first kappa shape index (κ1) is 18.7. The lowest BCUT2D eigenvalue weighted by molar-refractivity contribution is -0.171. The largest absolute Gasteiger partial charge is 0.377 e. The molecule has 2 N–H and O–H groups in total. The lowest BCUT2D eigenvalue weighted by Crippen LogP contribution is -2.73. The average molecular weight is 390 g/mol. The van der Waals surface area contributed by atoms with E-state index < -0.39 is 0 Å². The normalized spacial score (nSPS) is 34.5. The third-order valence-corrected chi connectivity index (χ3v) is 7.61. The summed E-state index contributed by atoms with van der Waals surface area (Å²) in [4.78, 5) is 21.6. The zero-order valence-corrected chi connectivity index (χ0v) is 17.2. The number of amides is 1. The molecule has 5 rings (SSSR count). The quantitative estimate of drug-likeness (QED) is 0.538. The van der Waals surface area contributed by atoms with Crippen LogP contribution in [0, 0.1) is 11.3 Å². The van der Waals surface area contributed by atoms with Crippen LogP contribution in [-0.4, -0.2) is 85.7 Å². The number of carbonyl (C=O) groups excluding carboxylic acids is 1. The number of nitrogens with one attached hydrogen (secondary N) is 2. The Labute approximate surface area is 168 Å². The van der Waals surface area contributed by atoms with Gasteiger partial charge in [0.2, 0.25) is 5.91 Å². The second kappa shape index (κ2) is 7.48. The van der Waals surface area contributed by atoms with Gasteiger partial charge in [0.25, 0.3) is 0 Å². The number of hydrogen-bond donors (Lipinski definition) is 2. The lowest BCUT2D eigenvalue weighted by Gasteiger charge is -2.63. The van der Waals surface area contributed by atoms with Gasteiger partial charge in [-0.1, -0.05) is 6.42 Å². The number of nitrogens with zero attached hydrogens (tertiary/aromatic N) is 3. The maximum atomic E-state index is 12.1. The molecule has 3 saturated carbocycles. The number of carbonyl (C=O) groups is 1. The van der Waals surface area contributed by atoms with Gasteiger partial charge in [-0.05, 0) is 39.0 Å². The van der Waals surface area contributed by atoms with Gasteiger partial charge in [0.05, 0.1) is 12.6 Å². The SMILES string of the molecule is CCN=C(NC1C2CCOC2C12CCC2)N1CCN(CC(=O)NC2CC2)CC1. The molecule has 7 heteroatoms. The van der Waals surface area contributed by atoms with Crippen LogP contribution in [0.25, 0.3) is 0 Å². The summed E-state index contributed by atoms with van der Waals surface area (Å²) in [5, 5.41) is 6.97. The number of hydrogen-bond acceptors (Lipinski definition) is 4. The Morgan fingerprint density at radius 3 is 2.57 bits per heavy atom. The summed E-state index contributed by atoms with van der Waals surface area (Å²) in [6.45, 7) is 8.10. The Bertz CT molecular complexity index is 622. The van der Waals surface area contributed by atoms with Crippen molar-refractivity contribution >= 4 is 11.9 Å². The van der Waals surface area contributed by atoms with E-state index >= 15 is 0 Å². The van der Waals surface area contributed by atoms with Crippen LogP contribution in [0.1, 0.15) is 45.4 Å². The third-order valence-electron chi connectivity index (χ3n) is 7.61. The molecule has 3 unspecified atom stereocenters. The van der Waals surface area contributed by atoms with Crippen molar-refractivity contribution in [1.82, 2.24) is 20.4 Å². The molecule has 156 valence electrons. The first-order valence-corrected chi connectivity index (χ1v) is 11.4. The van der Waals surface area contributed by atoms with E-state index in [1.165, 1.54) is 25.7 Å². The molecule has 2 aliphatic heterocycles. The standard InChI is InChI=1S/C21H35N5O2/c1-2-22-20(24-18-16-6-13-28-19(16)21(18)7-3-8-21)26-11-9-25(10-12-26)14-17(27)23-15-4-5-15/h15-16,18-19H,2-14H2,1H3,(H,22,24)(H,23,27). The molecule has 7 nitrogen and oxygen atoms in total. The molecule has 5 fully saturated rings. The first-order valence-electron chi connectivity index (χ1n) is 11.4. The molecule has 0 bridgehead atoms. The zero-order chi connectivity index (χ0) is 19.1. The van der Waals surface area contributed by atoms with Crippen LogP contribution in [0.3, 0.4) is 0 Å². The van der Waals surface area contributed by atoms with Gasteiger partial charge in [0.15, 0.2) is 5.96 Å². The summed E-state index contributed by atoms with van der Waals surface area (Å²) in [7, 11) is 0. The Kier molecular flexibility index (Phi) is 4.99. The van der Waals surface area contributed by atoms with Gasteiger partial charge in [-0.15, -0.1) is 0 Å². The molecular formula is C21H35N5O2. The highest BCUT2D eigenvalue weighted by Crippen LogP contribution is 2.62. The molecule has 0 aromatic carbocycles. The molecule has 2 saturated heterocycles. The van der Waals surface area contributed by atoms with Crippen molar-refractivity contribution in [3.05, 3.63) is 0 Å². The summed E-state index contributed by atoms with van der Waals surface area (Å²) in [6.07, 6.45) is 7.92. The zero-order valence-electron chi connectivity index (χ0n) is 17.2. The van der Waals surface area contributed by atoms with Gasteiger partial charge in [-0.3, -0.25) is 14.7 Å². The summed E-state index contributed by atoms with van der Waals surface area (Å²) < 4.78 is 6.07. The second-order valence-corrected chi connectivity index (χ2v) is 9.36. The van der Waals surface area contributed by atoms with Crippen LogP contribution in [0.5, 0.6) is 0 Å². The van der Waals surface area contributed by atoms with Crippen molar-refractivity contribution in [2.45, 2.75) is 63.6 Å². The van der Waals surface area contributed by atoms with E-state index in [-0.39, 0.29) is 5.91 Å². The van der Waals surface area contributed by atoms with Crippen LogP contribution in [0.15, 0.2) is 4.99 Å².